The van der Waals surface area contributed by atoms with E-state index >= 15 is 0 Å². The predicted molar refractivity (Wildman–Crippen MR) is 76.2 cm³/mol. The molecule has 0 spiro atoms. The molecule has 1 atom stereocenters. The molecule has 0 saturated carbocycles. The van der Waals surface area contributed by atoms with Crippen molar-refractivity contribution in [1.29, 1.82) is 0 Å². The molecule has 2 N–H and O–H groups in total. The minimum atomic E-state index is 0.567. The van der Waals surface area contributed by atoms with Crippen LogP contribution >= 0.6 is 0 Å². The van der Waals surface area contributed by atoms with Crippen LogP contribution in [-0.4, -0.2) is 41.0 Å². The molecule has 5 heteroatoms. The Balaban J connectivity index is 2.21. The molecule has 1 aliphatic rings. The minimum absolute atomic E-state index is 0.567. The Labute approximate surface area is 114 Å². The summed E-state index contributed by atoms with van der Waals surface area (Å²) in [5.74, 6) is 1.94. The largest absolute Gasteiger partial charge is 0.493 e. The standard InChI is InChI=1S/C14H22N2O3/c1-17-9-10-4-5-16(8-10)12-7-14(19-3)13(18-2)6-11(12)15/h6-7,10H,4-5,8-9,15H2,1-3H3. The zero-order valence-electron chi connectivity index (χ0n) is 11.8. The van der Waals surface area contributed by atoms with Gasteiger partial charge in [0.15, 0.2) is 11.5 Å². The van der Waals surface area contributed by atoms with Crippen molar-refractivity contribution in [3.63, 3.8) is 0 Å². The van der Waals surface area contributed by atoms with Crippen LogP contribution < -0.4 is 20.1 Å². The van der Waals surface area contributed by atoms with E-state index in [2.05, 4.69) is 4.90 Å². The van der Waals surface area contributed by atoms with E-state index < -0.39 is 0 Å². The number of methoxy groups -OCH3 is 3. The van der Waals surface area contributed by atoms with Crippen molar-refractivity contribution in [1.82, 2.24) is 0 Å². The Morgan fingerprint density at radius 3 is 2.53 bits per heavy atom. The molecule has 1 fully saturated rings. The Bertz CT molecular complexity index is 437. The number of nitrogens with zero attached hydrogens (tertiary/aromatic N) is 1. The van der Waals surface area contributed by atoms with Gasteiger partial charge in [-0.2, -0.15) is 0 Å². The molecule has 1 aromatic rings. The minimum Gasteiger partial charge on any atom is -0.493 e. The first-order valence-electron chi connectivity index (χ1n) is 6.45. The topological polar surface area (TPSA) is 57.0 Å². The van der Waals surface area contributed by atoms with Gasteiger partial charge in [-0.1, -0.05) is 0 Å². The number of hydrogen-bond donors (Lipinski definition) is 1. The van der Waals surface area contributed by atoms with Gasteiger partial charge < -0.3 is 24.8 Å². The van der Waals surface area contributed by atoms with Gasteiger partial charge in [0, 0.05) is 38.2 Å². The molecule has 0 amide bonds. The Morgan fingerprint density at radius 2 is 1.89 bits per heavy atom. The maximum Gasteiger partial charge on any atom is 0.162 e. The Hall–Kier alpha value is -1.62. The van der Waals surface area contributed by atoms with Crippen LogP contribution in [0.15, 0.2) is 12.1 Å². The van der Waals surface area contributed by atoms with Gasteiger partial charge in [0.2, 0.25) is 0 Å². The monoisotopic (exact) mass is 266 g/mol. The molecule has 0 aliphatic carbocycles. The van der Waals surface area contributed by atoms with Crippen molar-refractivity contribution in [2.75, 3.05) is 51.7 Å². The first-order valence-corrected chi connectivity index (χ1v) is 6.45. The van der Waals surface area contributed by atoms with Gasteiger partial charge in [-0.25, -0.2) is 0 Å². The van der Waals surface area contributed by atoms with E-state index in [4.69, 9.17) is 19.9 Å². The summed E-state index contributed by atoms with van der Waals surface area (Å²) in [6.45, 7) is 2.75. The molecular formula is C14H22N2O3. The van der Waals surface area contributed by atoms with Crippen molar-refractivity contribution in [3.8, 4) is 11.5 Å². The van der Waals surface area contributed by atoms with Crippen LogP contribution in [0.25, 0.3) is 0 Å². The molecule has 0 aromatic heterocycles. The van der Waals surface area contributed by atoms with Gasteiger partial charge in [-0.3, -0.25) is 0 Å². The maximum atomic E-state index is 6.11. The van der Waals surface area contributed by atoms with Gasteiger partial charge in [0.25, 0.3) is 0 Å². The quantitative estimate of drug-likeness (QED) is 0.823. The van der Waals surface area contributed by atoms with Crippen LogP contribution in [0.3, 0.4) is 0 Å². The van der Waals surface area contributed by atoms with Gasteiger partial charge in [-0.15, -0.1) is 0 Å². The van der Waals surface area contributed by atoms with Crippen molar-refractivity contribution in [3.05, 3.63) is 12.1 Å². The lowest BCUT2D eigenvalue weighted by Gasteiger charge is -2.22. The van der Waals surface area contributed by atoms with Crippen molar-refractivity contribution in [2.45, 2.75) is 6.42 Å². The van der Waals surface area contributed by atoms with E-state index in [1.165, 1.54) is 0 Å². The lowest BCUT2D eigenvalue weighted by Crippen LogP contribution is -2.22. The van der Waals surface area contributed by atoms with Gasteiger partial charge in [-0.05, 0) is 6.42 Å². The summed E-state index contributed by atoms with van der Waals surface area (Å²) in [7, 11) is 4.99. The average Bonchev–Trinajstić information content (AvgIpc) is 2.87. The highest BCUT2D eigenvalue weighted by Crippen LogP contribution is 2.38. The van der Waals surface area contributed by atoms with E-state index in [1.54, 1.807) is 21.3 Å². The third-order valence-corrected chi connectivity index (χ3v) is 3.56. The second-order valence-electron chi connectivity index (χ2n) is 4.82. The summed E-state index contributed by atoms with van der Waals surface area (Å²) in [6, 6.07) is 3.77. The molecule has 2 rings (SSSR count). The summed E-state index contributed by atoms with van der Waals surface area (Å²) in [5, 5.41) is 0. The van der Waals surface area contributed by atoms with Gasteiger partial charge in [0.05, 0.1) is 32.2 Å². The second kappa shape index (κ2) is 6.02. The lowest BCUT2D eigenvalue weighted by molar-refractivity contribution is 0.161. The molecule has 5 nitrogen and oxygen atoms in total. The number of ether oxygens (including phenoxy) is 3. The number of rotatable bonds is 5. The third-order valence-electron chi connectivity index (χ3n) is 3.56. The van der Waals surface area contributed by atoms with E-state index in [1.807, 2.05) is 12.1 Å². The summed E-state index contributed by atoms with van der Waals surface area (Å²) < 4.78 is 15.8. The Morgan fingerprint density at radius 1 is 1.21 bits per heavy atom. The molecule has 0 radical (unpaired) electrons. The molecule has 1 saturated heterocycles. The molecule has 0 bridgehead atoms. The molecular weight excluding hydrogens is 244 g/mol. The highest BCUT2D eigenvalue weighted by molar-refractivity contribution is 5.73. The van der Waals surface area contributed by atoms with E-state index in [0.29, 0.717) is 17.4 Å². The zero-order valence-corrected chi connectivity index (χ0v) is 11.8. The molecule has 106 valence electrons. The number of anilines is 2. The first kappa shape index (κ1) is 13.8. The SMILES string of the molecule is COCC1CCN(c2cc(OC)c(OC)cc2N)C1. The number of nitrogens with two attached hydrogens (primary N) is 1. The predicted octanol–water partition coefficient (Wildman–Crippen LogP) is 1.76. The fourth-order valence-corrected chi connectivity index (χ4v) is 2.58. The number of hydrogen-bond acceptors (Lipinski definition) is 5. The molecule has 1 unspecified atom stereocenters. The zero-order chi connectivity index (χ0) is 13.8. The summed E-state index contributed by atoms with van der Waals surface area (Å²) in [6.07, 6.45) is 1.13. The van der Waals surface area contributed by atoms with Crippen LogP contribution in [0.5, 0.6) is 11.5 Å². The number of benzene rings is 1. The van der Waals surface area contributed by atoms with Gasteiger partial charge >= 0.3 is 0 Å². The van der Waals surface area contributed by atoms with E-state index in [9.17, 15) is 0 Å². The van der Waals surface area contributed by atoms with Crippen LogP contribution in [0.2, 0.25) is 0 Å². The summed E-state index contributed by atoms with van der Waals surface area (Å²) in [5.41, 5.74) is 7.84. The van der Waals surface area contributed by atoms with Crippen molar-refractivity contribution >= 4 is 11.4 Å². The van der Waals surface area contributed by atoms with Crippen molar-refractivity contribution < 1.29 is 14.2 Å². The van der Waals surface area contributed by atoms with Crippen molar-refractivity contribution in [2.24, 2.45) is 5.92 Å². The smallest absolute Gasteiger partial charge is 0.162 e. The Kier molecular flexibility index (Phi) is 4.37. The summed E-state index contributed by atoms with van der Waals surface area (Å²) in [4.78, 5) is 2.28. The van der Waals surface area contributed by atoms with Crippen LogP contribution in [0, 0.1) is 5.92 Å². The van der Waals surface area contributed by atoms with Crippen LogP contribution in [0.1, 0.15) is 6.42 Å². The average molecular weight is 266 g/mol. The summed E-state index contributed by atoms with van der Waals surface area (Å²) >= 11 is 0. The highest BCUT2D eigenvalue weighted by atomic mass is 16.5. The maximum absolute atomic E-state index is 6.11. The third kappa shape index (κ3) is 2.87. The lowest BCUT2D eigenvalue weighted by atomic mass is 10.1. The van der Waals surface area contributed by atoms with E-state index in [-0.39, 0.29) is 0 Å². The van der Waals surface area contributed by atoms with Gasteiger partial charge in [0.1, 0.15) is 0 Å². The highest BCUT2D eigenvalue weighted by Gasteiger charge is 2.24. The molecule has 1 heterocycles. The fraction of sp³-hybridized carbons (Fsp3) is 0.571. The first-order chi connectivity index (χ1) is 9.19. The second-order valence-corrected chi connectivity index (χ2v) is 4.82. The van der Waals surface area contributed by atoms with Crippen LogP contribution in [0.4, 0.5) is 11.4 Å². The van der Waals surface area contributed by atoms with Crippen LogP contribution in [-0.2, 0) is 4.74 Å². The normalized spacial score (nSPS) is 18.7. The number of nitrogen functional groups attached to an aromatic ring is 1. The molecule has 19 heavy (non-hydrogen) atoms. The molecule has 1 aliphatic heterocycles. The fourth-order valence-electron chi connectivity index (χ4n) is 2.58. The van der Waals surface area contributed by atoms with E-state index in [0.717, 1.165) is 37.5 Å². The molecule has 1 aromatic carbocycles.